The van der Waals surface area contributed by atoms with E-state index in [-0.39, 0.29) is 12.3 Å². The van der Waals surface area contributed by atoms with Gasteiger partial charge in [0.2, 0.25) is 0 Å². The zero-order chi connectivity index (χ0) is 16.6. The van der Waals surface area contributed by atoms with Crippen LogP contribution in [0.3, 0.4) is 0 Å². The molecule has 0 spiro atoms. The van der Waals surface area contributed by atoms with Gasteiger partial charge in [0, 0.05) is 0 Å². The molecule has 0 aromatic heterocycles. The van der Waals surface area contributed by atoms with Crippen LogP contribution >= 0.6 is 0 Å². The second kappa shape index (κ2) is 8.97. The quantitative estimate of drug-likeness (QED) is 0.838. The average Bonchev–Trinajstić information content (AvgIpc) is 2.67. The first-order valence-electron chi connectivity index (χ1n) is 9.06. The zero-order valence-corrected chi connectivity index (χ0v) is 14.3. The number of hydrogen-bond acceptors (Lipinski definition) is 3. The Bertz CT molecular complexity index is 542. The minimum absolute atomic E-state index is 0.0269. The SMILES string of the molecule is NC(CCOC(c1ccccc1)c1ccccc1)N1CCCCC1. The van der Waals surface area contributed by atoms with E-state index in [1.165, 1.54) is 30.4 Å². The number of benzene rings is 2. The lowest BCUT2D eigenvalue weighted by Gasteiger charge is -2.32. The van der Waals surface area contributed by atoms with Gasteiger partial charge in [0.15, 0.2) is 0 Å². The van der Waals surface area contributed by atoms with E-state index < -0.39 is 0 Å². The summed E-state index contributed by atoms with van der Waals surface area (Å²) >= 11 is 0. The van der Waals surface area contributed by atoms with Gasteiger partial charge in [0.1, 0.15) is 6.10 Å². The zero-order valence-electron chi connectivity index (χ0n) is 14.3. The maximum absolute atomic E-state index is 6.36. The molecule has 1 fully saturated rings. The summed E-state index contributed by atoms with van der Waals surface area (Å²) in [5.74, 6) is 0. The molecule has 1 heterocycles. The fourth-order valence-corrected chi connectivity index (χ4v) is 3.38. The molecule has 1 atom stereocenters. The number of nitrogens with two attached hydrogens (primary N) is 1. The fraction of sp³-hybridized carbons (Fsp3) is 0.429. The lowest BCUT2D eigenvalue weighted by molar-refractivity contribution is 0.0544. The Kier molecular flexibility index (Phi) is 6.41. The van der Waals surface area contributed by atoms with Crippen molar-refractivity contribution >= 4 is 0 Å². The van der Waals surface area contributed by atoms with E-state index in [1.807, 2.05) is 12.1 Å². The summed E-state index contributed by atoms with van der Waals surface area (Å²) in [6.07, 6.45) is 4.83. The van der Waals surface area contributed by atoms with Gasteiger partial charge >= 0.3 is 0 Å². The molecule has 1 aliphatic rings. The summed E-state index contributed by atoms with van der Waals surface area (Å²) in [5, 5.41) is 0. The Morgan fingerprint density at radius 2 is 1.38 bits per heavy atom. The molecule has 0 saturated carbocycles. The molecule has 2 aromatic rings. The highest BCUT2D eigenvalue weighted by atomic mass is 16.5. The van der Waals surface area contributed by atoms with Crippen LogP contribution < -0.4 is 5.73 Å². The van der Waals surface area contributed by atoms with Gasteiger partial charge < -0.3 is 10.5 Å². The van der Waals surface area contributed by atoms with Crippen molar-refractivity contribution in [2.75, 3.05) is 19.7 Å². The van der Waals surface area contributed by atoms with Gasteiger partial charge in [-0.2, -0.15) is 0 Å². The van der Waals surface area contributed by atoms with Crippen molar-refractivity contribution in [1.29, 1.82) is 0 Å². The Morgan fingerprint density at radius 3 is 1.92 bits per heavy atom. The topological polar surface area (TPSA) is 38.5 Å². The van der Waals surface area contributed by atoms with E-state index in [0.29, 0.717) is 6.61 Å². The predicted octanol–water partition coefficient (Wildman–Crippen LogP) is 3.95. The van der Waals surface area contributed by atoms with Gasteiger partial charge in [0.25, 0.3) is 0 Å². The lowest BCUT2D eigenvalue weighted by atomic mass is 10.0. The van der Waals surface area contributed by atoms with Crippen molar-refractivity contribution in [1.82, 2.24) is 4.90 Å². The minimum Gasteiger partial charge on any atom is -0.369 e. The van der Waals surface area contributed by atoms with Crippen LogP contribution in [0.5, 0.6) is 0 Å². The van der Waals surface area contributed by atoms with E-state index in [1.54, 1.807) is 0 Å². The van der Waals surface area contributed by atoms with E-state index in [4.69, 9.17) is 10.5 Å². The minimum atomic E-state index is -0.0269. The predicted molar refractivity (Wildman–Crippen MR) is 98.7 cm³/mol. The highest BCUT2D eigenvalue weighted by molar-refractivity contribution is 5.29. The third kappa shape index (κ3) is 4.67. The molecule has 3 nitrogen and oxygen atoms in total. The molecule has 2 N–H and O–H groups in total. The Morgan fingerprint density at radius 1 is 0.833 bits per heavy atom. The molecule has 0 aliphatic carbocycles. The monoisotopic (exact) mass is 324 g/mol. The highest BCUT2D eigenvalue weighted by Crippen LogP contribution is 2.26. The van der Waals surface area contributed by atoms with Gasteiger partial charge in [-0.1, -0.05) is 67.1 Å². The summed E-state index contributed by atoms with van der Waals surface area (Å²) in [5.41, 5.74) is 8.74. The van der Waals surface area contributed by atoms with Crippen LogP contribution in [-0.2, 0) is 4.74 Å². The van der Waals surface area contributed by atoms with Crippen molar-refractivity contribution in [2.45, 2.75) is 38.0 Å². The third-order valence-corrected chi connectivity index (χ3v) is 4.76. The van der Waals surface area contributed by atoms with Crippen molar-refractivity contribution < 1.29 is 4.74 Å². The van der Waals surface area contributed by atoms with Crippen LogP contribution in [-0.4, -0.2) is 30.8 Å². The maximum Gasteiger partial charge on any atom is 0.108 e. The van der Waals surface area contributed by atoms with Gasteiger partial charge in [-0.25, -0.2) is 0 Å². The number of piperidine rings is 1. The molecule has 2 aromatic carbocycles. The summed E-state index contributed by atoms with van der Waals surface area (Å²) < 4.78 is 6.27. The molecule has 24 heavy (non-hydrogen) atoms. The largest absolute Gasteiger partial charge is 0.369 e. The van der Waals surface area contributed by atoms with Gasteiger partial charge in [0.05, 0.1) is 12.8 Å². The van der Waals surface area contributed by atoms with Gasteiger partial charge in [-0.15, -0.1) is 0 Å². The highest BCUT2D eigenvalue weighted by Gasteiger charge is 2.19. The molecule has 3 rings (SSSR count). The summed E-state index contributed by atoms with van der Waals surface area (Å²) in [6, 6.07) is 20.8. The van der Waals surface area contributed by atoms with Crippen molar-refractivity contribution in [3.05, 3.63) is 71.8 Å². The fourth-order valence-electron chi connectivity index (χ4n) is 3.38. The number of rotatable bonds is 7. The van der Waals surface area contributed by atoms with Crippen molar-refractivity contribution in [3.63, 3.8) is 0 Å². The first kappa shape index (κ1) is 17.2. The van der Waals surface area contributed by atoms with Crippen LogP contribution in [0.2, 0.25) is 0 Å². The lowest BCUT2D eigenvalue weighted by Crippen LogP contribution is -2.45. The van der Waals surface area contributed by atoms with Crippen LogP contribution in [0.1, 0.15) is 42.9 Å². The normalized spacial score (nSPS) is 17.1. The summed E-state index contributed by atoms with van der Waals surface area (Å²) in [7, 11) is 0. The Balaban J connectivity index is 1.60. The molecule has 0 bridgehead atoms. The van der Waals surface area contributed by atoms with Crippen LogP contribution in [0.4, 0.5) is 0 Å². The van der Waals surface area contributed by atoms with E-state index in [2.05, 4.69) is 53.4 Å². The molecule has 3 heteroatoms. The van der Waals surface area contributed by atoms with Gasteiger partial charge in [-0.05, 0) is 43.5 Å². The van der Waals surface area contributed by atoms with E-state index in [0.717, 1.165) is 19.5 Å². The molecule has 1 unspecified atom stereocenters. The summed E-state index contributed by atoms with van der Waals surface area (Å²) in [6.45, 7) is 2.93. The number of likely N-dealkylation sites (tertiary alicyclic amines) is 1. The molecule has 128 valence electrons. The van der Waals surface area contributed by atoms with E-state index in [9.17, 15) is 0 Å². The second-order valence-corrected chi connectivity index (χ2v) is 6.52. The molecule has 0 amide bonds. The second-order valence-electron chi connectivity index (χ2n) is 6.52. The molecule has 1 aliphatic heterocycles. The standard InChI is InChI=1S/C21H28N2O/c22-20(23-15-8-3-9-16-23)14-17-24-21(18-10-4-1-5-11-18)19-12-6-2-7-13-19/h1-2,4-7,10-13,20-21H,3,8-9,14-17,22H2. The molecule has 1 saturated heterocycles. The first-order chi connectivity index (χ1) is 11.8. The Hall–Kier alpha value is -1.68. The number of ether oxygens (including phenoxy) is 1. The van der Waals surface area contributed by atoms with Crippen molar-refractivity contribution in [2.24, 2.45) is 5.73 Å². The smallest absolute Gasteiger partial charge is 0.108 e. The van der Waals surface area contributed by atoms with Crippen LogP contribution in [0, 0.1) is 0 Å². The van der Waals surface area contributed by atoms with E-state index >= 15 is 0 Å². The number of nitrogens with zero attached hydrogens (tertiary/aromatic N) is 1. The van der Waals surface area contributed by atoms with Crippen LogP contribution in [0.15, 0.2) is 60.7 Å². The van der Waals surface area contributed by atoms with Crippen molar-refractivity contribution in [3.8, 4) is 0 Å². The number of hydrogen-bond donors (Lipinski definition) is 1. The molecular formula is C21H28N2O. The maximum atomic E-state index is 6.36. The molecular weight excluding hydrogens is 296 g/mol. The third-order valence-electron chi connectivity index (χ3n) is 4.76. The summed E-state index contributed by atoms with van der Waals surface area (Å²) in [4.78, 5) is 2.40. The van der Waals surface area contributed by atoms with Crippen LogP contribution in [0.25, 0.3) is 0 Å². The van der Waals surface area contributed by atoms with Gasteiger partial charge in [-0.3, -0.25) is 4.90 Å². The average molecular weight is 324 g/mol. The molecule has 0 radical (unpaired) electrons. The Labute approximate surface area is 145 Å². The first-order valence-corrected chi connectivity index (χ1v) is 9.06.